The highest BCUT2D eigenvalue weighted by Gasteiger charge is 2.52. The predicted molar refractivity (Wildman–Crippen MR) is 200 cm³/mol. The molecule has 0 spiro atoms. The van der Waals surface area contributed by atoms with E-state index in [4.69, 9.17) is 39.7 Å². The Morgan fingerprint density at radius 3 is 2.24 bits per heavy atom. The van der Waals surface area contributed by atoms with Crippen LogP contribution in [0.3, 0.4) is 0 Å². The summed E-state index contributed by atoms with van der Waals surface area (Å²) in [5, 5.41) is 12.1. The standard InChI is InChI=1S/C37H52ClN3O6Si2/c1-37(2,3)49(7,8)47-33-23-45-34-32(22-44-35(33)34)46-36-29(21-39)28-19-27(25-9-11-26(12-10-25)40-13-15-42-16-14-40)30(38)20-31(28)41(36)24-43-17-18-48(4,5)6/h9-12,19-20,32-35H,13-18,22-24H2,1-8H3/t32-,33-,34-,35-/m1/s1. The number of aromatic nitrogens is 1. The highest BCUT2D eigenvalue weighted by Crippen LogP contribution is 2.43. The summed E-state index contributed by atoms with van der Waals surface area (Å²) in [6.07, 6.45) is -1.08. The molecule has 0 saturated carbocycles. The van der Waals surface area contributed by atoms with Crippen LogP contribution in [0.25, 0.3) is 22.0 Å². The Balaban J connectivity index is 1.31. The number of benzene rings is 2. The molecule has 4 heterocycles. The number of halogens is 1. The van der Waals surface area contributed by atoms with Gasteiger partial charge in [-0.15, -0.1) is 0 Å². The van der Waals surface area contributed by atoms with E-state index in [0.717, 1.165) is 60.1 Å². The second-order valence-corrected chi connectivity index (χ2v) is 27.0. The van der Waals surface area contributed by atoms with Gasteiger partial charge in [-0.3, -0.25) is 4.57 Å². The molecular weight excluding hydrogens is 674 g/mol. The lowest BCUT2D eigenvalue weighted by Crippen LogP contribution is -2.47. The molecule has 9 nitrogen and oxygen atoms in total. The van der Waals surface area contributed by atoms with Gasteiger partial charge in [0.15, 0.2) is 14.4 Å². The monoisotopic (exact) mass is 725 g/mol. The summed E-state index contributed by atoms with van der Waals surface area (Å²) in [6, 6.07) is 15.9. The zero-order valence-corrected chi connectivity index (χ0v) is 33.1. The number of nitriles is 1. The highest BCUT2D eigenvalue weighted by atomic mass is 35.5. The number of hydrogen-bond acceptors (Lipinski definition) is 8. The Hall–Kier alpha value is -2.41. The van der Waals surface area contributed by atoms with Crippen LogP contribution >= 0.6 is 11.6 Å². The van der Waals surface area contributed by atoms with E-state index in [-0.39, 0.29) is 30.1 Å². The van der Waals surface area contributed by atoms with Gasteiger partial charge in [0, 0.05) is 44.4 Å². The number of morpholine rings is 1. The number of ether oxygens (including phenoxy) is 5. The van der Waals surface area contributed by atoms with Crippen molar-refractivity contribution >= 4 is 44.6 Å². The molecule has 12 heteroatoms. The molecule has 3 fully saturated rings. The highest BCUT2D eigenvalue weighted by molar-refractivity contribution is 6.76. The fourth-order valence-corrected chi connectivity index (χ4v) is 8.80. The summed E-state index contributed by atoms with van der Waals surface area (Å²) in [7, 11) is -3.34. The van der Waals surface area contributed by atoms with Crippen molar-refractivity contribution in [1.29, 1.82) is 5.26 Å². The van der Waals surface area contributed by atoms with Gasteiger partial charge in [-0.05, 0) is 54.0 Å². The van der Waals surface area contributed by atoms with E-state index < -0.39 is 22.5 Å². The molecule has 266 valence electrons. The van der Waals surface area contributed by atoms with Crippen molar-refractivity contribution < 1.29 is 28.1 Å². The Kier molecular flexibility index (Phi) is 10.6. The Morgan fingerprint density at radius 1 is 0.959 bits per heavy atom. The van der Waals surface area contributed by atoms with E-state index in [2.05, 4.69) is 88.7 Å². The molecule has 0 bridgehead atoms. The van der Waals surface area contributed by atoms with Crippen molar-refractivity contribution in [2.24, 2.45) is 0 Å². The molecular formula is C37H52ClN3O6Si2. The second-order valence-electron chi connectivity index (χ2n) is 16.2. The fourth-order valence-electron chi connectivity index (χ4n) is 6.46. The first-order chi connectivity index (χ1) is 23.2. The van der Waals surface area contributed by atoms with E-state index in [0.29, 0.717) is 36.3 Å². The number of nitrogens with zero attached hydrogens (tertiary/aromatic N) is 3. The molecule has 0 aliphatic carbocycles. The summed E-state index contributed by atoms with van der Waals surface area (Å²) in [6.45, 7) is 23.1. The van der Waals surface area contributed by atoms with Crippen LogP contribution in [0.1, 0.15) is 26.3 Å². The second kappa shape index (κ2) is 14.3. The van der Waals surface area contributed by atoms with Crippen molar-refractivity contribution in [2.45, 2.75) is 95.7 Å². The van der Waals surface area contributed by atoms with Crippen molar-refractivity contribution in [3.63, 3.8) is 0 Å². The minimum atomic E-state index is -2.04. The van der Waals surface area contributed by atoms with Crippen molar-refractivity contribution in [2.75, 3.05) is 51.0 Å². The first kappa shape index (κ1) is 36.4. The Bertz CT molecular complexity index is 1670. The minimum absolute atomic E-state index is 0.0720. The van der Waals surface area contributed by atoms with E-state index in [1.165, 1.54) is 0 Å². The Morgan fingerprint density at radius 2 is 1.61 bits per heavy atom. The summed E-state index contributed by atoms with van der Waals surface area (Å²) in [5.74, 6) is 0.452. The van der Waals surface area contributed by atoms with Crippen LogP contribution in [-0.4, -0.2) is 91.5 Å². The van der Waals surface area contributed by atoms with Crippen LogP contribution in [0, 0.1) is 11.3 Å². The van der Waals surface area contributed by atoms with Crippen LogP contribution in [0.15, 0.2) is 36.4 Å². The number of anilines is 1. The third kappa shape index (κ3) is 7.77. The van der Waals surface area contributed by atoms with Gasteiger partial charge in [-0.1, -0.05) is 64.1 Å². The normalized spacial score (nSPS) is 23.2. The van der Waals surface area contributed by atoms with E-state index >= 15 is 0 Å². The molecule has 0 radical (unpaired) electrons. The van der Waals surface area contributed by atoms with Gasteiger partial charge >= 0.3 is 0 Å². The largest absolute Gasteiger partial charge is 0.469 e. The van der Waals surface area contributed by atoms with Gasteiger partial charge in [0.2, 0.25) is 5.88 Å². The third-order valence-electron chi connectivity index (χ3n) is 10.5. The van der Waals surface area contributed by atoms with Gasteiger partial charge in [-0.25, -0.2) is 0 Å². The Labute approximate surface area is 298 Å². The van der Waals surface area contributed by atoms with Crippen molar-refractivity contribution in [1.82, 2.24) is 4.57 Å². The maximum atomic E-state index is 10.6. The summed E-state index contributed by atoms with van der Waals surface area (Å²) < 4.78 is 39.8. The number of fused-ring (bicyclic) bond motifs is 2. The number of rotatable bonds is 11. The average Bonchev–Trinajstić information content (AvgIpc) is 3.71. The topological polar surface area (TPSA) is 87.3 Å². The van der Waals surface area contributed by atoms with Gasteiger partial charge in [0.25, 0.3) is 0 Å². The molecule has 3 saturated heterocycles. The van der Waals surface area contributed by atoms with E-state index in [9.17, 15) is 5.26 Å². The molecule has 0 unspecified atom stereocenters. The van der Waals surface area contributed by atoms with Crippen LogP contribution in [0.4, 0.5) is 5.69 Å². The van der Waals surface area contributed by atoms with Crippen LogP contribution in [-0.2, 0) is 30.1 Å². The number of hydrogen-bond donors (Lipinski definition) is 0. The molecule has 0 N–H and O–H groups in total. The summed E-state index contributed by atoms with van der Waals surface area (Å²) >= 11 is 7.02. The fraction of sp³-hybridized carbons (Fsp3) is 0.595. The molecule has 3 aliphatic rings. The first-order valence-electron chi connectivity index (χ1n) is 17.5. The zero-order chi connectivity index (χ0) is 35.1. The van der Waals surface area contributed by atoms with Crippen LogP contribution in [0.5, 0.6) is 5.88 Å². The summed E-state index contributed by atoms with van der Waals surface area (Å²) in [4.78, 5) is 2.32. The third-order valence-corrected chi connectivity index (χ3v) is 17.0. The van der Waals surface area contributed by atoms with Crippen LogP contribution < -0.4 is 9.64 Å². The van der Waals surface area contributed by atoms with E-state index in [1.807, 2.05) is 16.7 Å². The van der Waals surface area contributed by atoms with Gasteiger partial charge in [0.05, 0.1) is 43.1 Å². The molecule has 49 heavy (non-hydrogen) atoms. The van der Waals surface area contributed by atoms with Gasteiger partial charge in [0.1, 0.15) is 30.6 Å². The molecule has 3 aliphatic heterocycles. The van der Waals surface area contributed by atoms with E-state index in [1.54, 1.807) is 0 Å². The predicted octanol–water partition coefficient (Wildman–Crippen LogP) is 7.92. The van der Waals surface area contributed by atoms with Crippen molar-refractivity contribution in [3.8, 4) is 23.1 Å². The minimum Gasteiger partial charge on any atom is -0.469 e. The van der Waals surface area contributed by atoms with Crippen LogP contribution in [0.2, 0.25) is 48.8 Å². The molecule has 0 amide bonds. The first-order valence-corrected chi connectivity index (χ1v) is 24.5. The lowest BCUT2D eigenvalue weighted by Gasteiger charge is -2.39. The van der Waals surface area contributed by atoms with Gasteiger partial charge < -0.3 is 33.0 Å². The molecule has 4 atom stereocenters. The molecule has 6 rings (SSSR count). The molecule has 3 aromatic rings. The average molecular weight is 726 g/mol. The lowest BCUT2D eigenvalue weighted by molar-refractivity contribution is 0.00849. The maximum absolute atomic E-state index is 10.6. The molecule has 1 aromatic heterocycles. The van der Waals surface area contributed by atoms with Crippen molar-refractivity contribution in [3.05, 3.63) is 47.0 Å². The molecule has 2 aromatic carbocycles. The quantitative estimate of drug-likeness (QED) is 0.146. The smallest absolute Gasteiger partial charge is 0.215 e. The summed E-state index contributed by atoms with van der Waals surface area (Å²) in [5.41, 5.74) is 4.23. The maximum Gasteiger partial charge on any atom is 0.215 e. The van der Waals surface area contributed by atoms with Gasteiger partial charge in [-0.2, -0.15) is 5.26 Å². The zero-order valence-electron chi connectivity index (χ0n) is 30.3. The lowest BCUT2D eigenvalue weighted by atomic mass is 10.0. The SMILES string of the molecule is CC(C)(C)[Si](C)(C)O[C@@H]1CO[C@H]2[C@@H]1OC[C@H]2Oc1c(C#N)c2cc(-c3ccc(N4CCOCC4)cc3)c(Cl)cc2n1COCC[Si](C)(C)C.